The van der Waals surface area contributed by atoms with Crippen LogP contribution in [0.15, 0.2) is 30.3 Å². The Morgan fingerprint density at radius 3 is 2.24 bits per heavy atom. The number of benzene rings is 2. The number of ether oxygens (including phenoxy) is 2. The van der Waals surface area contributed by atoms with Gasteiger partial charge < -0.3 is 9.47 Å². The molecule has 2 nitrogen and oxygen atoms in total. The summed E-state index contributed by atoms with van der Waals surface area (Å²) in [7, 11) is 3.25. The highest BCUT2D eigenvalue weighted by atomic mass is 35.5. The van der Waals surface area contributed by atoms with Crippen molar-refractivity contribution in [3.05, 3.63) is 57.6 Å². The Morgan fingerprint density at radius 1 is 0.905 bits per heavy atom. The number of hydrogen-bond donors (Lipinski definition) is 0. The van der Waals surface area contributed by atoms with Gasteiger partial charge in [-0.2, -0.15) is 0 Å². The van der Waals surface area contributed by atoms with E-state index < -0.39 is 0 Å². The zero-order valence-corrected chi connectivity index (χ0v) is 14.0. The molecular weight excluding hydrogens is 307 g/mol. The van der Waals surface area contributed by atoms with Gasteiger partial charge in [0.25, 0.3) is 0 Å². The fourth-order valence-electron chi connectivity index (χ4n) is 2.27. The highest BCUT2D eigenvalue weighted by Gasteiger charge is 2.19. The van der Waals surface area contributed by atoms with E-state index in [2.05, 4.69) is 0 Å². The molecule has 0 aliphatic heterocycles. The van der Waals surface area contributed by atoms with Crippen LogP contribution < -0.4 is 9.47 Å². The van der Waals surface area contributed by atoms with E-state index in [0.29, 0.717) is 5.75 Å². The molecule has 1 unspecified atom stereocenters. The van der Waals surface area contributed by atoms with Crippen LogP contribution >= 0.6 is 23.2 Å². The molecule has 0 saturated carbocycles. The van der Waals surface area contributed by atoms with Gasteiger partial charge in [0.1, 0.15) is 11.5 Å². The number of aryl methyl sites for hydroxylation is 2. The lowest BCUT2D eigenvalue weighted by Gasteiger charge is -2.18. The molecule has 1 atom stereocenters. The minimum absolute atomic E-state index is 0.304. The third kappa shape index (κ3) is 3.28. The molecule has 21 heavy (non-hydrogen) atoms. The van der Waals surface area contributed by atoms with Crippen LogP contribution in [-0.4, -0.2) is 14.2 Å². The van der Waals surface area contributed by atoms with Crippen molar-refractivity contribution >= 4 is 23.2 Å². The zero-order chi connectivity index (χ0) is 15.6. The van der Waals surface area contributed by atoms with Crippen LogP contribution in [0.3, 0.4) is 0 Å². The molecule has 0 fully saturated rings. The second kappa shape index (κ2) is 6.59. The minimum Gasteiger partial charge on any atom is -0.497 e. The molecule has 0 aliphatic carbocycles. The fraction of sp³-hybridized carbons (Fsp3) is 0.294. The summed E-state index contributed by atoms with van der Waals surface area (Å²) in [5.74, 6) is 1.45. The highest BCUT2D eigenvalue weighted by molar-refractivity contribution is 6.31. The molecule has 0 radical (unpaired) electrons. The molecule has 0 bridgehead atoms. The van der Waals surface area contributed by atoms with Crippen molar-refractivity contribution in [2.45, 2.75) is 19.2 Å². The van der Waals surface area contributed by atoms with Gasteiger partial charge in [-0.3, -0.25) is 0 Å². The maximum absolute atomic E-state index is 6.68. The zero-order valence-electron chi connectivity index (χ0n) is 12.5. The van der Waals surface area contributed by atoms with Crippen LogP contribution in [0.4, 0.5) is 0 Å². The van der Waals surface area contributed by atoms with Crippen molar-refractivity contribution in [1.29, 1.82) is 0 Å². The summed E-state index contributed by atoms with van der Waals surface area (Å²) in [6.45, 7) is 3.98. The molecule has 0 aliphatic rings. The number of alkyl halides is 1. The predicted octanol–water partition coefficient (Wildman–Crippen LogP) is 5.30. The fourth-order valence-corrected chi connectivity index (χ4v) is 2.91. The van der Waals surface area contributed by atoms with E-state index in [9.17, 15) is 0 Å². The molecular formula is C17H18Cl2O2. The largest absolute Gasteiger partial charge is 0.497 e. The molecule has 2 rings (SSSR count). The Bertz CT molecular complexity index is 653. The summed E-state index contributed by atoms with van der Waals surface area (Å²) in [4.78, 5) is 0. The Kier molecular flexibility index (Phi) is 5.02. The quantitative estimate of drug-likeness (QED) is 0.710. The minimum atomic E-state index is -0.304. The number of rotatable bonds is 4. The van der Waals surface area contributed by atoms with E-state index in [-0.39, 0.29) is 5.38 Å². The summed E-state index contributed by atoms with van der Waals surface area (Å²) in [6, 6.07) is 9.61. The normalized spacial score (nSPS) is 12.1. The second-order valence-electron chi connectivity index (χ2n) is 4.93. The van der Waals surface area contributed by atoms with Gasteiger partial charge in [0.05, 0.1) is 19.6 Å². The monoisotopic (exact) mass is 324 g/mol. The smallest absolute Gasteiger partial charge is 0.127 e. The van der Waals surface area contributed by atoms with E-state index in [1.807, 2.05) is 44.2 Å². The van der Waals surface area contributed by atoms with E-state index in [1.165, 1.54) is 0 Å². The molecule has 0 saturated heterocycles. The molecule has 4 heteroatoms. The Labute approximate surface area is 135 Å². The van der Waals surface area contributed by atoms with Crippen molar-refractivity contribution in [2.24, 2.45) is 0 Å². The first-order valence-electron chi connectivity index (χ1n) is 6.60. The van der Waals surface area contributed by atoms with Crippen LogP contribution in [0.1, 0.15) is 27.6 Å². The van der Waals surface area contributed by atoms with Crippen molar-refractivity contribution in [1.82, 2.24) is 0 Å². The Balaban J connectivity index is 2.49. The molecule has 0 amide bonds. The van der Waals surface area contributed by atoms with Crippen LogP contribution in [0.2, 0.25) is 5.02 Å². The Morgan fingerprint density at radius 2 is 1.62 bits per heavy atom. The lowest BCUT2D eigenvalue weighted by Crippen LogP contribution is -2.01. The van der Waals surface area contributed by atoms with Crippen LogP contribution in [0, 0.1) is 13.8 Å². The highest BCUT2D eigenvalue weighted by Crippen LogP contribution is 2.39. The lowest BCUT2D eigenvalue weighted by atomic mass is 9.97. The summed E-state index contributed by atoms with van der Waals surface area (Å²) in [6.07, 6.45) is 0. The Hall–Kier alpha value is -1.38. The van der Waals surface area contributed by atoms with Crippen molar-refractivity contribution < 1.29 is 9.47 Å². The second-order valence-corrected chi connectivity index (χ2v) is 5.77. The van der Waals surface area contributed by atoms with Gasteiger partial charge in [-0.1, -0.05) is 17.7 Å². The average Bonchev–Trinajstić information content (AvgIpc) is 2.49. The molecule has 0 heterocycles. The summed E-state index contributed by atoms with van der Waals surface area (Å²) >= 11 is 12.8. The van der Waals surface area contributed by atoms with Gasteiger partial charge in [-0.15, -0.1) is 11.6 Å². The van der Waals surface area contributed by atoms with Gasteiger partial charge in [0.15, 0.2) is 0 Å². The maximum Gasteiger partial charge on any atom is 0.127 e. The standard InChI is InChI=1S/C17H18Cl2O2/c1-10-8-15(18)11(2)7-14(10)17(19)13-6-5-12(20-3)9-16(13)21-4/h5-9,17H,1-4H3. The first kappa shape index (κ1) is 16.0. The van der Waals surface area contributed by atoms with Gasteiger partial charge >= 0.3 is 0 Å². The van der Waals surface area contributed by atoms with Gasteiger partial charge in [0.2, 0.25) is 0 Å². The summed E-state index contributed by atoms with van der Waals surface area (Å²) in [5, 5.41) is 0.448. The van der Waals surface area contributed by atoms with Crippen molar-refractivity contribution in [2.75, 3.05) is 14.2 Å². The van der Waals surface area contributed by atoms with Gasteiger partial charge in [0, 0.05) is 16.7 Å². The van der Waals surface area contributed by atoms with Crippen LogP contribution in [-0.2, 0) is 0 Å². The SMILES string of the molecule is COc1ccc(C(Cl)c2cc(C)c(Cl)cc2C)c(OC)c1. The van der Waals surface area contributed by atoms with E-state index >= 15 is 0 Å². The molecule has 2 aromatic carbocycles. The van der Waals surface area contributed by atoms with Crippen molar-refractivity contribution in [3.63, 3.8) is 0 Å². The van der Waals surface area contributed by atoms with Crippen LogP contribution in [0.5, 0.6) is 11.5 Å². The van der Waals surface area contributed by atoms with Gasteiger partial charge in [-0.25, -0.2) is 0 Å². The molecule has 112 valence electrons. The van der Waals surface area contributed by atoms with E-state index in [1.54, 1.807) is 14.2 Å². The number of methoxy groups -OCH3 is 2. The number of hydrogen-bond acceptors (Lipinski definition) is 2. The van der Waals surface area contributed by atoms with E-state index in [0.717, 1.165) is 33.0 Å². The molecule has 2 aromatic rings. The predicted molar refractivity (Wildman–Crippen MR) is 88.2 cm³/mol. The number of halogens is 2. The maximum atomic E-state index is 6.68. The van der Waals surface area contributed by atoms with Gasteiger partial charge in [-0.05, 0) is 48.7 Å². The molecule has 0 spiro atoms. The van der Waals surface area contributed by atoms with Crippen molar-refractivity contribution in [3.8, 4) is 11.5 Å². The average molecular weight is 325 g/mol. The third-order valence-electron chi connectivity index (χ3n) is 3.53. The molecule has 0 N–H and O–H groups in total. The summed E-state index contributed by atoms with van der Waals surface area (Å²) < 4.78 is 10.6. The summed E-state index contributed by atoms with van der Waals surface area (Å²) in [5.41, 5.74) is 4.01. The van der Waals surface area contributed by atoms with Crippen LogP contribution in [0.25, 0.3) is 0 Å². The first-order chi connectivity index (χ1) is 9.97. The van der Waals surface area contributed by atoms with E-state index in [4.69, 9.17) is 32.7 Å². The lowest BCUT2D eigenvalue weighted by molar-refractivity contribution is 0.391. The molecule has 0 aromatic heterocycles. The third-order valence-corrected chi connectivity index (χ3v) is 4.41. The topological polar surface area (TPSA) is 18.5 Å². The first-order valence-corrected chi connectivity index (χ1v) is 7.42.